The molecule has 2 aromatic rings. The molecule has 2 aromatic carbocycles. The first-order valence-electron chi connectivity index (χ1n) is 6.43. The van der Waals surface area contributed by atoms with Gasteiger partial charge in [-0.3, -0.25) is 4.79 Å². The molecular weight excluding hydrogens is 256 g/mol. The first-order valence-corrected chi connectivity index (χ1v) is 6.81. The molecule has 0 saturated carbocycles. The van der Waals surface area contributed by atoms with E-state index in [4.69, 9.17) is 11.6 Å². The summed E-state index contributed by atoms with van der Waals surface area (Å²) in [5.74, 6) is 0.0562. The average Bonchev–Trinajstić information content (AvgIpc) is 2.40. The zero-order valence-electron chi connectivity index (χ0n) is 11.5. The lowest BCUT2D eigenvalue weighted by atomic mass is 9.97. The second-order valence-corrected chi connectivity index (χ2v) is 5.15. The van der Waals surface area contributed by atoms with Crippen molar-refractivity contribution in [2.45, 2.75) is 27.2 Å². The molecule has 0 heterocycles. The van der Waals surface area contributed by atoms with E-state index in [1.165, 1.54) is 11.1 Å². The van der Waals surface area contributed by atoms with Gasteiger partial charge in [-0.2, -0.15) is 0 Å². The SMILES string of the molecule is CCc1cc(-c2cc(C(C)=O)ccc2Cl)ccc1C. The number of hydrogen-bond donors (Lipinski definition) is 0. The van der Waals surface area contributed by atoms with Gasteiger partial charge in [0.25, 0.3) is 0 Å². The van der Waals surface area contributed by atoms with Crippen LogP contribution in [0.1, 0.15) is 35.3 Å². The minimum atomic E-state index is 0.0562. The fourth-order valence-corrected chi connectivity index (χ4v) is 2.41. The molecular formula is C17H17ClO. The lowest BCUT2D eigenvalue weighted by Crippen LogP contribution is -1.94. The van der Waals surface area contributed by atoms with Crippen molar-refractivity contribution in [1.29, 1.82) is 0 Å². The number of carbonyl (C=O) groups is 1. The molecule has 0 bridgehead atoms. The molecule has 1 nitrogen and oxygen atoms in total. The topological polar surface area (TPSA) is 17.1 Å². The fraction of sp³-hybridized carbons (Fsp3) is 0.235. The Morgan fingerprint density at radius 1 is 1.16 bits per heavy atom. The minimum Gasteiger partial charge on any atom is -0.295 e. The Labute approximate surface area is 119 Å². The molecule has 0 aromatic heterocycles. The van der Waals surface area contributed by atoms with Crippen LogP contribution >= 0.6 is 11.6 Å². The summed E-state index contributed by atoms with van der Waals surface area (Å²) in [6, 6.07) is 11.7. The number of halogens is 1. The van der Waals surface area contributed by atoms with Crippen LogP contribution in [0.25, 0.3) is 11.1 Å². The number of hydrogen-bond acceptors (Lipinski definition) is 1. The van der Waals surface area contributed by atoms with Crippen molar-refractivity contribution in [1.82, 2.24) is 0 Å². The number of rotatable bonds is 3. The number of Topliss-reactive ketones (excluding diaryl/α,β-unsaturated/α-hetero) is 1. The van der Waals surface area contributed by atoms with E-state index in [0.717, 1.165) is 17.5 Å². The van der Waals surface area contributed by atoms with E-state index in [-0.39, 0.29) is 5.78 Å². The van der Waals surface area contributed by atoms with Crippen molar-refractivity contribution in [3.63, 3.8) is 0 Å². The molecule has 0 fully saturated rings. The molecule has 0 aliphatic heterocycles. The molecule has 19 heavy (non-hydrogen) atoms. The molecule has 0 N–H and O–H groups in total. The van der Waals surface area contributed by atoms with E-state index in [0.29, 0.717) is 10.6 Å². The quantitative estimate of drug-likeness (QED) is 0.712. The highest BCUT2D eigenvalue weighted by Crippen LogP contribution is 2.30. The summed E-state index contributed by atoms with van der Waals surface area (Å²) in [5.41, 5.74) is 5.27. The third kappa shape index (κ3) is 2.87. The smallest absolute Gasteiger partial charge is 0.159 e. The van der Waals surface area contributed by atoms with Crippen LogP contribution in [0.5, 0.6) is 0 Å². The predicted molar refractivity (Wildman–Crippen MR) is 81.0 cm³/mol. The van der Waals surface area contributed by atoms with Gasteiger partial charge in [-0.1, -0.05) is 36.7 Å². The van der Waals surface area contributed by atoms with Crippen molar-refractivity contribution in [2.24, 2.45) is 0 Å². The Hall–Kier alpha value is -1.60. The Morgan fingerprint density at radius 3 is 2.53 bits per heavy atom. The zero-order valence-corrected chi connectivity index (χ0v) is 12.2. The maximum absolute atomic E-state index is 11.5. The van der Waals surface area contributed by atoms with E-state index < -0.39 is 0 Å². The molecule has 2 heteroatoms. The van der Waals surface area contributed by atoms with Crippen molar-refractivity contribution < 1.29 is 4.79 Å². The van der Waals surface area contributed by atoms with Crippen molar-refractivity contribution in [3.8, 4) is 11.1 Å². The summed E-state index contributed by atoms with van der Waals surface area (Å²) >= 11 is 6.26. The van der Waals surface area contributed by atoms with Gasteiger partial charge in [0, 0.05) is 16.1 Å². The van der Waals surface area contributed by atoms with Gasteiger partial charge in [-0.25, -0.2) is 0 Å². The first-order chi connectivity index (χ1) is 9.02. The van der Waals surface area contributed by atoms with Crippen LogP contribution in [0.4, 0.5) is 0 Å². The second-order valence-electron chi connectivity index (χ2n) is 4.75. The number of aryl methyl sites for hydroxylation is 2. The average molecular weight is 273 g/mol. The Kier molecular flexibility index (Phi) is 4.06. The third-order valence-corrected chi connectivity index (χ3v) is 3.74. The molecule has 98 valence electrons. The van der Waals surface area contributed by atoms with Gasteiger partial charge in [0.1, 0.15) is 0 Å². The van der Waals surface area contributed by atoms with Gasteiger partial charge in [0.2, 0.25) is 0 Å². The zero-order chi connectivity index (χ0) is 14.0. The van der Waals surface area contributed by atoms with Crippen LogP contribution < -0.4 is 0 Å². The van der Waals surface area contributed by atoms with Crippen LogP contribution in [0, 0.1) is 6.92 Å². The molecule has 0 radical (unpaired) electrons. The van der Waals surface area contributed by atoms with Crippen LogP contribution in [0.15, 0.2) is 36.4 Å². The molecule has 0 aliphatic rings. The third-order valence-electron chi connectivity index (χ3n) is 3.41. The summed E-state index contributed by atoms with van der Waals surface area (Å²) in [6.45, 7) is 5.82. The van der Waals surface area contributed by atoms with Gasteiger partial charge in [0.15, 0.2) is 5.78 Å². The maximum Gasteiger partial charge on any atom is 0.159 e. The van der Waals surface area contributed by atoms with Crippen molar-refractivity contribution >= 4 is 17.4 Å². The highest BCUT2D eigenvalue weighted by atomic mass is 35.5. The largest absolute Gasteiger partial charge is 0.295 e. The van der Waals surface area contributed by atoms with E-state index >= 15 is 0 Å². The van der Waals surface area contributed by atoms with Crippen LogP contribution in [-0.4, -0.2) is 5.78 Å². The van der Waals surface area contributed by atoms with Crippen LogP contribution in [0.3, 0.4) is 0 Å². The lowest BCUT2D eigenvalue weighted by Gasteiger charge is -2.10. The summed E-state index contributed by atoms with van der Waals surface area (Å²) in [6.07, 6.45) is 0.990. The first kappa shape index (κ1) is 13.8. The number of carbonyl (C=O) groups excluding carboxylic acids is 1. The van der Waals surface area contributed by atoms with E-state index in [2.05, 4.69) is 32.0 Å². The summed E-state index contributed by atoms with van der Waals surface area (Å²) in [5, 5.41) is 0.677. The lowest BCUT2D eigenvalue weighted by molar-refractivity contribution is 0.101. The number of ketones is 1. The number of benzene rings is 2. The van der Waals surface area contributed by atoms with Gasteiger partial charge >= 0.3 is 0 Å². The molecule has 2 rings (SSSR count). The molecule has 0 spiro atoms. The second kappa shape index (κ2) is 5.58. The fourth-order valence-electron chi connectivity index (χ4n) is 2.19. The van der Waals surface area contributed by atoms with Gasteiger partial charge in [-0.15, -0.1) is 0 Å². The maximum atomic E-state index is 11.5. The Bertz CT molecular complexity index is 629. The van der Waals surface area contributed by atoms with E-state index in [1.807, 2.05) is 6.07 Å². The van der Waals surface area contributed by atoms with Gasteiger partial charge in [-0.05, 0) is 55.2 Å². The predicted octanol–water partition coefficient (Wildman–Crippen LogP) is 5.08. The monoisotopic (exact) mass is 272 g/mol. The van der Waals surface area contributed by atoms with Gasteiger partial charge in [0.05, 0.1) is 0 Å². The standard InChI is InChI=1S/C17H17ClO/c1-4-13-9-15(6-5-11(13)2)16-10-14(12(3)19)7-8-17(16)18/h5-10H,4H2,1-3H3. The summed E-state index contributed by atoms with van der Waals surface area (Å²) in [7, 11) is 0. The van der Waals surface area contributed by atoms with E-state index in [9.17, 15) is 4.79 Å². The Balaban J connectivity index is 2.57. The summed E-state index contributed by atoms with van der Waals surface area (Å²) in [4.78, 5) is 11.5. The van der Waals surface area contributed by atoms with Gasteiger partial charge < -0.3 is 0 Å². The van der Waals surface area contributed by atoms with E-state index in [1.54, 1.807) is 19.1 Å². The molecule has 0 saturated heterocycles. The normalized spacial score (nSPS) is 10.5. The minimum absolute atomic E-state index is 0.0562. The van der Waals surface area contributed by atoms with Crippen LogP contribution in [0.2, 0.25) is 5.02 Å². The summed E-state index contributed by atoms with van der Waals surface area (Å²) < 4.78 is 0. The van der Waals surface area contributed by atoms with Crippen molar-refractivity contribution in [2.75, 3.05) is 0 Å². The van der Waals surface area contributed by atoms with Crippen LogP contribution in [-0.2, 0) is 6.42 Å². The Morgan fingerprint density at radius 2 is 1.89 bits per heavy atom. The molecule has 0 atom stereocenters. The molecule has 0 aliphatic carbocycles. The highest BCUT2D eigenvalue weighted by molar-refractivity contribution is 6.33. The van der Waals surface area contributed by atoms with Crippen molar-refractivity contribution in [3.05, 3.63) is 58.1 Å². The molecule has 0 unspecified atom stereocenters. The molecule has 0 amide bonds. The highest BCUT2D eigenvalue weighted by Gasteiger charge is 2.08.